The van der Waals surface area contributed by atoms with Gasteiger partial charge in [-0.25, -0.2) is 0 Å². The van der Waals surface area contributed by atoms with Gasteiger partial charge in [-0.3, -0.25) is 0 Å². The number of benzene rings is 1. The quantitative estimate of drug-likeness (QED) is 0.644. The number of aromatic hydroxyl groups is 1. The van der Waals surface area contributed by atoms with Crippen LogP contribution in [0.25, 0.3) is 0 Å². The van der Waals surface area contributed by atoms with Crippen molar-refractivity contribution in [3.8, 4) is 5.75 Å². The molecule has 1 unspecified atom stereocenters. The number of nitrogens with one attached hydrogen (secondary N) is 1. The van der Waals surface area contributed by atoms with E-state index in [1.54, 1.807) is 12.1 Å². The molecule has 0 bridgehead atoms. The molecule has 4 nitrogen and oxygen atoms in total. The summed E-state index contributed by atoms with van der Waals surface area (Å²) in [6.45, 7) is 6.92. The monoisotopic (exact) mass is 250 g/mol. The third-order valence-corrected chi connectivity index (χ3v) is 3.00. The van der Waals surface area contributed by atoms with E-state index in [9.17, 15) is 5.11 Å². The van der Waals surface area contributed by atoms with Crippen molar-refractivity contribution < 1.29 is 10.2 Å². The predicted octanol–water partition coefficient (Wildman–Crippen LogP) is 1.66. The molecule has 0 aliphatic carbocycles. The lowest BCUT2D eigenvalue weighted by Gasteiger charge is -2.23. The second-order valence-corrected chi connectivity index (χ2v) is 4.21. The lowest BCUT2D eigenvalue weighted by molar-refractivity contribution is 0.303. The van der Waals surface area contributed by atoms with Gasteiger partial charge in [0.15, 0.2) is 0 Å². The summed E-state index contributed by atoms with van der Waals surface area (Å²) in [5.74, 6) is 0.265. The summed E-state index contributed by atoms with van der Waals surface area (Å²) in [4.78, 5) is 1.96. The Morgan fingerprint density at radius 2 is 2.22 bits per heavy atom. The highest BCUT2D eigenvalue weighted by molar-refractivity contribution is 5.54. The minimum Gasteiger partial charge on any atom is -0.508 e. The Labute approximate surface area is 109 Å². The number of nitrogens with zero attached hydrogens (tertiary/aromatic N) is 1. The largest absolute Gasteiger partial charge is 0.508 e. The van der Waals surface area contributed by atoms with Crippen LogP contribution in [0.1, 0.15) is 18.5 Å². The molecule has 100 valence electrons. The van der Waals surface area contributed by atoms with Crippen molar-refractivity contribution in [2.75, 3.05) is 31.6 Å². The second kappa shape index (κ2) is 7.03. The van der Waals surface area contributed by atoms with Crippen molar-refractivity contribution in [3.63, 3.8) is 0 Å². The Hall–Kier alpha value is -1.52. The second-order valence-electron chi connectivity index (χ2n) is 4.21. The molecule has 1 atom stereocenters. The minimum atomic E-state index is 0.0727. The molecular formula is C14H22N2O2. The van der Waals surface area contributed by atoms with Gasteiger partial charge >= 0.3 is 0 Å². The van der Waals surface area contributed by atoms with E-state index in [-0.39, 0.29) is 18.4 Å². The predicted molar refractivity (Wildman–Crippen MR) is 75.1 cm³/mol. The fraction of sp³-hybridized carbons (Fsp3) is 0.429. The van der Waals surface area contributed by atoms with Crippen molar-refractivity contribution in [2.45, 2.75) is 13.0 Å². The molecule has 0 fully saturated rings. The molecule has 1 aromatic carbocycles. The lowest BCUT2D eigenvalue weighted by Crippen LogP contribution is -2.26. The van der Waals surface area contributed by atoms with Gasteiger partial charge < -0.3 is 20.4 Å². The van der Waals surface area contributed by atoms with Crippen LogP contribution in [0.3, 0.4) is 0 Å². The molecule has 0 aliphatic heterocycles. The number of anilines is 1. The summed E-state index contributed by atoms with van der Waals surface area (Å²) in [6, 6.07) is 5.67. The van der Waals surface area contributed by atoms with Crippen LogP contribution >= 0.6 is 0 Å². The number of rotatable bonds is 7. The van der Waals surface area contributed by atoms with E-state index in [4.69, 9.17) is 5.11 Å². The SMILES string of the molecule is C=CCN(CCO)c1ccc(C(C)NC)c(O)c1. The van der Waals surface area contributed by atoms with E-state index in [1.165, 1.54) is 0 Å². The first-order valence-corrected chi connectivity index (χ1v) is 6.11. The summed E-state index contributed by atoms with van der Waals surface area (Å²) in [5.41, 5.74) is 1.75. The molecule has 4 heteroatoms. The molecule has 0 saturated heterocycles. The highest BCUT2D eigenvalue weighted by Gasteiger charge is 2.11. The van der Waals surface area contributed by atoms with Gasteiger partial charge in [0.25, 0.3) is 0 Å². The van der Waals surface area contributed by atoms with E-state index in [0.29, 0.717) is 13.1 Å². The lowest BCUT2D eigenvalue weighted by atomic mass is 10.1. The van der Waals surface area contributed by atoms with Gasteiger partial charge in [-0.15, -0.1) is 6.58 Å². The third-order valence-electron chi connectivity index (χ3n) is 3.00. The zero-order valence-corrected chi connectivity index (χ0v) is 11.1. The maximum atomic E-state index is 10.0. The fourth-order valence-electron chi connectivity index (χ4n) is 1.85. The van der Waals surface area contributed by atoms with Gasteiger partial charge in [0.05, 0.1) is 6.61 Å². The van der Waals surface area contributed by atoms with Crippen LogP contribution < -0.4 is 10.2 Å². The summed E-state index contributed by atoms with van der Waals surface area (Å²) in [7, 11) is 1.85. The van der Waals surface area contributed by atoms with Crippen LogP contribution in [0.15, 0.2) is 30.9 Å². The zero-order valence-electron chi connectivity index (χ0n) is 11.1. The van der Waals surface area contributed by atoms with Gasteiger partial charge in [-0.1, -0.05) is 12.1 Å². The molecular weight excluding hydrogens is 228 g/mol. The Bertz CT molecular complexity index is 393. The number of phenolic OH excluding ortho intramolecular Hbond substituents is 1. The number of phenols is 1. The first-order valence-electron chi connectivity index (χ1n) is 6.11. The molecule has 0 aliphatic rings. The summed E-state index contributed by atoms with van der Waals surface area (Å²) >= 11 is 0. The molecule has 1 aromatic rings. The standard InChI is InChI=1S/C14H22N2O2/c1-4-7-16(8-9-17)12-5-6-13(11(2)15-3)14(18)10-12/h4-6,10-11,15,17-18H,1,7-9H2,2-3H3. The van der Waals surface area contributed by atoms with Crippen LogP contribution in [-0.4, -0.2) is 37.0 Å². The molecule has 1 rings (SSSR count). The van der Waals surface area contributed by atoms with Gasteiger partial charge in [0.2, 0.25) is 0 Å². The fourth-order valence-corrected chi connectivity index (χ4v) is 1.85. The highest BCUT2D eigenvalue weighted by atomic mass is 16.3. The topological polar surface area (TPSA) is 55.7 Å². The Morgan fingerprint density at radius 1 is 1.50 bits per heavy atom. The molecule has 0 heterocycles. The van der Waals surface area contributed by atoms with E-state index in [0.717, 1.165) is 11.3 Å². The molecule has 0 saturated carbocycles. The zero-order chi connectivity index (χ0) is 13.5. The van der Waals surface area contributed by atoms with Crippen molar-refractivity contribution in [2.24, 2.45) is 0 Å². The van der Waals surface area contributed by atoms with Crippen LogP contribution in [-0.2, 0) is 0 Å². The average Bonchev–Trinajstić information content (AvgIpc) is 2.37. The van der Waals surface area contributed by atoms with Crippen molar-refractivity contribution in [1.29, 1.82) is 0 Å². The molecule has 0 amide bonds. The Kier molecular flexibility index (Phi) is 5.68. The maximum Gasteiger partial charge on any atom is 0.122 e. The number of aliphatic hydroxyl groups excluding tert-OH is 1. The van der Waals surface area contributed by atoms with Gasteiger partial charge in [-0.05, 0) is 20.0 Å². The Balaban J connectivity index is 2.97. The summed E-state index contributed by atoms with van der Waals surface area (Å²) < 4.78 is 0. The van der Waals surface area contributed by atoms with Gasteiger partial charge in [0.1, 0.15) is 5.75 Å². The maximum absolute atomic E-state index is 10.0. The summed E-state index contributed by atoms with van der Waals surface area (Å²) in [5, 5.41) is 22.1. The summed E-state index contributed by atoms with van der Waals surface area (Å²) in [6.07, 6.45) is 1.77. The normalized spacial score (nSPS) is 12.2. The van der Waals surface area contributed by atoms with Crippen molar-refractivity contribution >= 4 is 5.69 Å². The van der Waals surface area contributed by atoms with Crippen molar-refractivity contribution in [3.05, 3.63) is 36.4 Å². The van der Waals surface area contributed by atoms with Crippen LogP contribution in [0, 0.1) is 0 Å². The molecule has 0 spiro atoms. The number of hydrogen-bond donors (Lipinski definition) is 3. The van der Waals surface area contributed by atoms with E-state index in [2.05, 4.69) is 11.9 Å². The van der Waals surface area contributed by atoms with Crippen LogP contribution in [0.4, 0.5) is 5.69 Å². The van der Waals surface area contributed by atoms with Crippen LogP contribution in [0.2, 0.25) is 0 Å². The molecule has 0 radical (unpaired) electrons. The highest BCUT2D eigenvalue weighted by Crippen LogP contribution is 2.28. The molecule has 18 heavy (non-hydrogen) atoms. The van der Waals surface area contributed by atoms with Gasteiger partial charge in [0, 0.05) is 36.4 Å². The van der Waals surface area contributed by atoms with Crippen LogP contribution in [0.5, 0.6) is 5.75 Å². The first kappa shape index (κ1) is 14.5. The Morgan fingerprint density at radius 3 is 2.72 bits per heavy atom. The third kappa shape index (κ3) is 3.48. The average molecular weight is 250 g/mol. The van der Waals surface area contributed by atoms with E-state index < -0.39 is 0 Å². The molecule has 0 aromatic heterocycles. The minimum absolute atomic E-state index is 0.0727. The number of aliphatic hydroxyl groups is 1. The van der Waals surface area contributed by atoms with E-state index in [1.807, 2.05) is 31.0 Å². The smallest absolute Gasteiger partial charge is 0.122 e. The van der Waals surface area contributed by atoms with E-state index >= 15 is 0 Å². The van der Waals surface area contributed by atoms with Crippen molar-refractivity contribution in [1.82, 2.24) is 5.32 Å². The number of hydrogen-bond acceptors (Lipinski definition) is 4. The van der Waals surface area contributed by atoms with Gasteiger partial charge in [-0.2, -0.15) is 0 Å². The molecule has 3 N–H and O–H groups in total. The first-order chi connectivity index (χ1) is 8.63.